The van der Waals surface area contributed by atoms with E-state index >= 15 is 0 Å². The van der Waals surface area contributed by atoms with Crippen LogP contribution in [0.2, 0.25) is 0 Å². The largest absolute Gasteiger partial charge is 0.481 e. The molecule has 0 fully saturated rings. The SMILES string of the molecule is C=CCC(NC(C)=O)C(=O)N[C@@H](CC(=O)O)Cc1cccc(F)c1. The van der Waals surface area contributed by atoms with E-state index in [0.29, 0.717) is 5.56 Å². The zero-order valence-electron chi connectivity index (χ0n) is 13.4. The van der Waals surface area contributed by atoms with Gasteiger partial charge in [0, 0.05) is 13.0 Å². The first kappa shape index (κ1) is 19.3. The number of aliphatic carboxylic acids is 1. The van der Waals surface area contributed by atoms with Crippen molar-refractivity contribution in [1.82, 2.24) is 10.6 Å². The van der Waals surface area contributed by atoms with Gasteiger partial charge in [-0.3, -0.25) is 14.4 Å². The standard InChI is InChI=1S/C17H21FN2O4/c1-3-5-15(19-11(2)21)17(24)20-14(10-16(22)23)9-12-6-4-7-13(18)8-12/h3-4,6-8,14-15H,1,5,9-10H2,2H3,(H,19,21)(H,20,24)(H,22,23)/t14-,15?/m1/s1. The van der Waals surface area contributed by atoms with Crippen molar-refractivity contribution in [1.29, 1.82) is 0 Å². The normalized spacial score (nSPS) is 12.8. The summed E-state index contributed by atoms with van der Waals surface area (Å²) in [6.45, 7) is 4.81. The Morgan fingerprint density at radius 1 is 1.33 bits per heavy atom. The molecular weight excluding hydrogens is 315 g/mol. The first-order valence-electron chi connectivity index (χ1n) is 7.46. The number of carboxylic acid groups (broad SMARTS) is 1. The number of nitrogens with one attached hydrogen (secondary N) is 2. The molecule has 0 heterocycles. The summed E-state index contributed by atoms with van der Waals surface area (Å²) in [5, 5.41) is 14.1. The highest BCUT2D eigenvalue weighted by Gasteiger charge is 2.23. The zero-order valence-corrected chi connectivity index (χ0v) is 13.4. The lowest BCUT2D eigenvalue weighted by molar-refractivity contribution is -0.138. The lowest BCUT2D eigenvalue weighted by Gasteiger charge is -2.22. The summed E-state index contributed by atoms with van der Waals surface area (Å²) < 4.78 is 13.3. The van der Waals surface area contributed by atoms with Crippen molar-refractivity contribution < 1.29 is 23.9 Å². The van der Waals surface area contributed by atoms with Crippen LogP contribution in [0.25, 0.3) is 0 Å². The van der Waals surface area contributed by atoms with Gasteiger partial charge < -0.3 is 15.7 Å². The Morgan fingerprint density at radius 3 is 2.58 bits per heavy atom. The fourth-order valence-electron chi connectivity index (χ4n) is 2.28. The van der Waals surface area contributed by atoms with Gasteiger partial charge in [0.2, 0.25) is 11.8 Å². The molecule has 0 aliphatic rings. The van der Waals surface area contributed by atoms with Gasteiger partial charge >= 0.3 is 5.97 Å². The Kier molecular flexibility index (Phi) is 7.61. The van der Waals surface area contributed by atoms with Crippen molar-refractivity contribution in [3.8, 4) is 0 Å². The molecule has 0 aliphatic carbocycles. The number of rotatable bonds is 9. The predicted molar refractivity (Wildman–Crippen MR) is 86.7 cm³/mol. The smallest absolute Gasteiger partial charge is 0.305 e. The Morgan fingerprint density at radius 2 is 2.04 bits per heavy atom. The molecule has 0 aromatic heterocycles. The van der Waals surface area contributed by atoms with Crippen LogP contribution >= 0.6 is 0 Å². The average molecular weight is 336 g/mol. The number of carboxylic acids is 1. The van der Waals surface area contributed by atoms with Gasteiger partial charge in [0.25, 0.3) is 0 Å². The summed E-state index contributed by atoms with van der Waals surface area (Å²) in [4.78, 5) is 34.5. The van der Waals surface area contributed by atoms with Crippen LogP contribution in [0, 0.1) is 5.82 Å². The second kappa shape index (κ2) is 9.44. The van der Waals surface area contributed by atoms with Gasteiger partial charge in [-0.15, -0.1) is 6.58 Å². The van der Waals surface area contributed by atoms with Gasteiger partial charge in [-0.25, -0.2) is 4.39 Å². The topological polar surface area (TPSA) is 95.5 Å². The first-order valence-corrected chi connectivity index (χ1v) is 7.46. The van der Waals surface area contributed by atoms with Crippen LogP contribution in [0.15, 0.2) is 36.9 Å². The Hall–Kier alpha value is -2.70. The van der Waals surface area contributed by atoms with Crippen LogP contribution in [0.5, 0.6) is 0 Å². The van der Waals surface area contributed by atoms with E-state index in [1.165, 1.54) is 31.2 Å². The monoisotopic (exact) mass is 336 g/mol. The van der Waals surface area contributed by atoms with Crippen molar-refractivity contribution in [2.24, 2.45) is 0 Å². The van der Waals surface area contributed by atoms with Crippen LogP contribution in [0.1, 0.15) is 25.3 Å². The molecule has 2 atom stereocenters. The number of carbonyl (C=O) groups excluding carboxylic acids is 2. The van der Waals surface area contributed by atoms with E-state index < -0.39 is 29.8 Å². The number of benzene rings is 1. The third kappa shape index (κ3) is 7.04. The number of hydrogen-bond acceptors (Lipinski definition) is 3. The summed E-state index contributed by atoms with van der Waals surface area (Å²) in [5.41, 5.74) is 0.571. The highest BCUT2D eigenvalue weighted by atomic mass is 19.1. The molecule has 0 saturated heterocycles. The highest BCUT2D eigenvalue weighted by Crippen LogP contribution is 2.09. The van der Waals surface area contributed by atoms with Crippen molar-refractivity contribution in [2.75, 3.05) is 0 Å². The molecule has 1 aromatic rings. The minimum atomic E-state index is -1.09. The summed E-state index contributed by atoms with van der Waals surface area (Å²) in [6, 6.07) is 4.18. The third-order valence-corrected chi connectivity index (χ3v) is 3.23. The molecular formula is C17H21FN2O4. The van der Waals surface area contributed by atoms with E-state index in [-0.39, 0.29) is 25.2 Å². The van der Waals surface area contributed by atoms with E-state index in [4.69, 9.17) is 5.11 Å². The second-order valence-corrected chi connectivity index (χ2v) is 5.41. The summed E-state index contributed by atoms with van der Waals surface area (Å²) >= 11 is 0. The molecule has 0 saturated carbocycles. The van der Waals surface area contributed by atoms with Crippen LogP contribution in [0.3, 0.4) is 0 Å². The van der Waals surface area contributed by atoms with Gasteiger partial charge in [0.05, 0.1) is 6.42 Å². The predicted octanol–water partition coefficient (Wildman–Crippen LogP) is 1.41. The highest BCUT2D eigenvalue weighted by molar-refractivity contribution is 5.87. The van der Waals surface area contributed by atoms with Crippen molar-refractivity contribution in [3.63, 3.8) is 0 Å². The van der Waals surface area contributed by atoms with Crippen LogP contribution in [-0.4, -0.2) is 35.0 Å². The molecule has 6 nitrogen and oxygen atoms in total. The van der Waals surface area contributed by atoms with Gasteiger partial charge in [0.1, 0.15) is 11.9 Å². The molecule has 1 rings (SSSR count). The first-order chi connectivity index (χ1) is 11.3. The molecule has 7 heteroatoms. The lowest BCUT2D eigenvalue weighted by Crippen LogP contribution is -2.50. The summed E-state index contributed by atoms with van der Waals surface area (Å²) in [7, 11) is 0. The maximum atomic E-state index is 13.3. The minimum absolute atomic E-state index is 0.163. The van der Waals surface area contributed by atoms with Crippen LogP contribution in [-0.2, 0) is 20.8 Å². The molecule has 0 bridgehead atoms. The van der Waals surface area contributed by atoms with Crippen molar-refractivity contribution in [2.45, 2.75) is 38.3 Å². The fourth-order valence-corrected chi connectivity index (χ4v) is 2.28. The molecule has 130 valence electrons. The summed E-state index contributed by atoms with van der Waals surface area (Å²) in [6.07, 6.45) is 1.55. The van der Waals surface area contributed by atoms with Crippen LogP contribution < -0.4 is 10.6 Å². The summed E-state index contributed by atoms with van der Waals surface area (Å²) in [5.74, 6) is -2.41. The molecule has 0 spiro atoms. The maximum Gasteiger partial charge on any atom is 0.305 e. The van der Waals surface area contributed by atoms with Gasteiger partial charge in [0.15, 0.2) is 0 Å². The molecule has 0 radical (unpaired) electrons. The second-order valence-electron chi connectivity index (χ2n) is 5.41. The Labute approximate surface area is 139 Å². The van der Waals surface area contributed by atoms with Gasteiger partial charge in [-0.05, 0) is 30.5 Å². The average Bonchev–Trinajstić information content (AvgIpc) is 2.45. The quantitative estimate of drug-likeness (QED) is 0.594. The van der Waals surface area contributed by atoms with E-state index in [1.807, 2.05) is 0 Å². The minimum Gasteiger partial charge on any atom is -0.481 e. The number of carbonyl (C=O) groups is 3. The third-order valence-electron chi connectivity index (χ3n) is 3.23. The number of amides is 2. The molecule has 3 N–H and O–H groups in total. The van der Waals surface area contributed by atoms with Crippen LogP contribution in [0.4, 0.5) is 4.39 Å². The number of hydrogen-bond donors (Lipinski definition) is 3. The lowest BCUT2D eigenvalue weighted by atomic mass is 10.0. The molecule has 24 heavy (non-hydrogen) atoms. The molecule has 2 amide bonds. The molecule has 1 aromatic carbocycles. The molecule has 0 aliphatic heterocycles. The van der Waals surface area contributed by atoms with E-state index in [9.17, 15) is 18.8 Å². The van der Waals surface area contributed by atoms with Gasteiger partial charge in [-0.1, -0.05) is 18.2 Å². The van der Waals surface area contributed by atoms with E-state index in [1.54, 1.807) is 6.07 Å². The Bertz CT molecular complexity index is 618. The Balaban J connectivity index is 2.83. The molecule has 1 unspecified atom stereocenters. The van der Waals surface area contributed by atoms with Gasteiger partial charge in [-0.2, -0.15) is 0 Å². The zero-order chi connectivity index (χ0) is 18.1. The maximum absolute atomic E-state index is 13.3. The van der Waals surface area contributed by atoms with Crippen molar-refractivity contribution in [3.05, 3.63) is 48.3 Å². The number of halogens is 1. The van der Waals surface area contributed by atoms with Crippen molar-refractivity contribution >= 4 is 17.8 Å². The van der Waals surface area contributed by atoms with E-state index in [2.05, 4.69) is 17.2 Å². The van der Waals surface area contributed by atoms with E-state index in [0.717, 1.165) is 0 Å². The fraction of sp³-hybridized carbons (Fsp3) is 0.353.